The highest BCUT2D eigenvalue weighted by Crippen LogP contribution is 2.45. The maximum absolute atomic E-state index is 15.0. The smallest absolute Gasteiger partial charge is 0.339 e. The van der Waals surface area contributed by atoms with Crippen LogP contribution in [0.1, 0.15) is 129 Å². The molecule has 1 aliphatic carbocycles. The molecular weight excluding hydrogens is 1520 g/mol. The molecule has 0 radical (unpaired) electrons. The summed E-state index contributed by atoms with van der Waals surface area (Å²) in [5, 5.41) is 10.5. The SMILES string of the molecule is CC(C)(C)OC(=O)Cc1cc2c(OS(=O)(=O)c3ccc(Br)cc3)c(c1)Cc1cc(C(C)(C)C)cc(c1OS(=O)(=O)c1ccc(Br)cc1)Cc1cc(CC(=O)O)cc(c1OS(=O)(=O)c1ccc(Br)cc1)Cc1cc(C(C)(C)C)cc(c1OS(=O)(=O)c1ccc(Br)cc1)C2. The molecule has 0 fully saturated rings. The lowest BCUT2D eigenvalue weighted by atomic mass is 9.81. The van der Waals surface area contributed by atoms with Crippen LogP contribution in [0.4, 0.5) is 0 Å². The highest BCUT2D eigenvalue weighted by atomic mass is 79.9. The van der Waals surface area contributed by atoms with Gasteiger partial charge in [0, 0.05) is 88.1 Å². The molecule has 92 heavy (non-hydrogen) atoms. The van der Waals surface area contributed by atoms with Crippen LogP contribution in [-0.2, 0) is 104 Å². The summed E-state index contributed by atoms with van der Waals surface area (Å²) in [5.74, 6) is -3.09. The summed E-state index contributed by atoms with van der Waals surface area (Å²) in [6.07, 6.45) is -2.71. The van der Waals surface area contributed by atoms with E-state index in [9.17, 15) is 39.9 Å². The minimum atomic E-state index is -4.83. The molecule has 0 unspecified atom stereocenters. The number of esters is 1. The van der Waals surface area contributed by atoms with Crippen molar-refractivity contribution in [2.75, 3.05) is 0 Å². The third-order valence-corrected chi connectivity index (χ3v) is 21.7. The second kappa shape index (κ2) is 26.8. The molecule has 0 saturated carbocycles. The minimum absolute atomic E-state index is 0.0258. The van der Waals surface area contributed by atoms with E-state index in [0.717, 1.165) is 0 Å². The van der Waals surface area contributed by atoms with E-state index >= 15 is 8.42 Å². The Morgan fingerprint density at radius 3 is 0.793 bits per heavy atom. The predicted molar refractivity (Wildman–Crippen MR) is 363 cm³/mol. The molecule has 8 aromatic rings. The van der Waals surface area contributed by atoms with Crippen molar-refractivity contribution < 1.29 is 69.8 Å². The van der Waals surface area contributed by atoms with E-state index in [-0.39, 0.29) is 105 Å². The second-order valence-electron chi connectivity index (χ2n) is 25.2. The summed E-state index contributed by atoms with van der Waals surface area (Å²) < 4.78 is 154. The zero-order valence-corrected chi connectivity index (χ0v) is 60.9. The summed E-state index contributed by atoms with van der Waals surface area (Å²) >= 11 is 13.5. The molecule has 8 bridgehead atoms. The van der Waals surface area contributed by atoms with Gasteiger partial charge in [0.05, 0.1) is 12.8 Å². The predicted octanol–water partition coefficient (Wildman–Crippen LogP) is 15.6. The Bertz CT molecular complexity index is 4480. The van der Waals surface area contributed by atoms with Gasteiger partial charge in [-0.3, -0.25) is 9.59 Å². The average molecular weight is 1590 g/mol. The van der Waals surface area contributed by atoms with Gasteiger partial charge in [0.1, 0.15) is 48.2 Å². The van der Waals surface area contributed by atoms with Gasteiger partial charge in [-0.15, -0.1) is 0 Å². The molecule has 9 rings (SSSR count). The van der Waals surface area contributed by atoms with Gasteiger partial charge >= 0.3 is 52.4 Å². The molecule has 0 spiro atoms. The number of carbonyl (C=O) groups excluding carboxylic acids is 1. The van der Waals surface area contributed by atoms with E-state index < -0.39 is 101 Å². The van der Waals surface area contributed by atoms with Gasteiger partial charge in [-0.25, -0.2) is 0 Å². The van der Waals surface area contributed by atoms with Crippen LogP contribution in [0.25, 0.3) is 0 Å². The minimum Gasteiger partial charge on any atom is -0.481 e. The third kappa shape index (κ3) is 17.1. The number of carboxylic acids is 1. The molecule has 0 amide bonds. The summed E-state index contributed by atoms with van der Waals surface area (Å²) in [6.45, 7) is 16.5. The Morgan fingerprint density at radius 1 is 0.370 bits per heavy atom. The molecule has 0 saturated heterocycles. The number of hydrogen-bond acceptors (Lipinski definition) is 15. The van der Waals surface area contributed by atoms with Crippen LogP contribution in [0, 0.1) is 0 Å². The largest absolute Gasteiger partial charge is 0.481 e. The van der Waals surface area contributed by atoms with Gasteiger partial charge in [-0.05, 0) is 151 Å². The van der Waals surface area contributed by atoms with Crippen LogP contribution >= 0.6 is 63.7 Å². The fourth-order valence-electron chi connectivity index (χ4n) is 10.3. The Labute approximate surface area is 571 Å². The Kier molecular flexibility index (Phi) is 20.4. The first-order chi connectivity index (χ1) is 42.7. The maximum Gasteiger partial charge on any atom is 0.339 e. The highest BCUT2D eigenvalue weighted by molar-refractivity contribution is 9.11. The van der Waals surface area contributed by atoms with Gasteiger partial charge < -0.3 is 26.6 Å². The van der Waals surface area contributed by atoms with Gasteiger partial charge in [0.25, 0.3) is 0 Å². The van der Waals surface area contributed by atoms with Gasteiger partial charge in [-0.2, -0.15) is 33.7 Å². The molecular formula is C68H64Br4O16S4. The molecule has 0 atom stereocenters. The average Bonchev–Trinajstić information content (AvgIpc) is 0.764. The third-order valence-electron chi connectivity index (χ3n) is 14.7. The van der Waals surface area contributed by atoms with Crippen LogP contribution in [0.2, 0.25) is 0 Å². The van der Waals surface area contributed by atoms with Crippen LogP contribution in [0.15, 0.2) is 183 Å². The zero-order chi connectivity index (χ0) is 67.3. The molecule has 8 aromatic carbocycles. The molecule has 24 heteroatoms. The lowest BCUT2D eigenvalue weighted by Gasteiger charge is -2.27. The summed E-state index contributed by atoms with van der Waals surface area (Å²) in [4.78, 5) is 26.0. The first-order valence-electron chi connectivity index (χ1n) is 28.6. The van der Waals surface area contributed by atoms with E-state index in [2.05, 4.69) is 63.7 Å². The molecule has 1 N–H and O–H groups in total. The molecule has 0 aromatic heterocycles. The second-order valence-corrected chi connectivity index (χ2v) is 35.1. The van der Waals surface area contributed by atoms with Crippen molar-refractivity contribution in [3.63, 3.8) is 0 Å². The van der Waals surface area contributed by atoms with E-state index in [1.165, 1.54) is 109 Å². The van der Waals surface area contributed by atoms with Gasteiger partial charge in [-0.1, -0.05) is 154 Å². The fraction of sp³-hybridized carbons (Fsp3) is 0.265. The summed E-state index contributed by atoms with van der Waals surface area (Å²) in [7, 11) is -19.3. The number of rotatable bonds is 16. The lowest BCUT2D eigenvalue weighted by molar-refractivity contribution is -0.154. The number of ether oxygens (including phenoxy) is 1. The van der Waals surface area contributed by atoms with Crippen molar-refractivity contribution in [1.82, 2.24) is 0 Å². The molecule has 0 aliphatic heterocycles. The normalized spacial score (nSPS) is 13.2. The summed E-state index contributed by atoms with van der Waals surface area (Å²) in [5.41, 5.74) is -0.217. The van der Waals surface area contributed by atoms with E-state index in [4.69, 9.17) is 21.5 Å². The van der Waals surface area contributed by atoms with Gasteiger partial charge in [0.15, 0.2) is 0 Å². The Hall–Kier alpha value is -6.38. The van der Waals surface area contributed by atoms with Crippen molar-refractivity contribution in [3.8, 4) is 23.0 Å². The van der Waals surface area contributed by atoms with Crippen LogP contribution in [-0.4, -0.2) is 56.3 Å². The number of aliphatic carboxylic acids is 1. The number of carbonyl (C=O) groups is 2. The lowest BCUT2D eigenvalue weighted by Crippen LogP contribution is -2.25. The van der Waals surface area contributed by atoms with Crippen LogP contribution < -0.4 is 16.7 Å². The van der Waals surface area contributed by atoms with E-state index in [0.29, 0.717) is 29.0 Å². The molecule has 484 valence electrons. The first-order valence-corrected chi connectivity index (χ1v) is 37.4. The zero-order valence-electron chi connectivity index (χ0n) is 51.3. The van der Waals surface area contributed by atoms with Crippen molar-refractivity contribution in [1.29, 1.82) is 0 Å². The summed E-state index contributed by atoms with van der Waals surface area (Å²) in [6, 6.07) is 35.5. The molecule has 0 heterocycles. The quantitative estimate of drug-likeness (QED) is 0.0699. The van der Waals surface area contributed by atoms with E-state index in [1.54, 1.807) is 57.2 Å². The number of halogens is 4. The van der Waals surface area contributed by atoms with E-state index in [1.807, 2.05) is 41.5 Å². The Balaban J connectivity index is 1.48. The molecule has 16 nitrogen and oxygen atoms in total. The number of benzene rings is 8. The van der Waals surface area contributed by atoms with Gasteiger partial charge in [0.2, 0.25) is 0 Å². The highest BCUT2D eigenvalue weighted by Gasteiger charge is 2.34. The van der Waals surface area contributed by atoms with Crippen LogP contribution in [0.5, 0.6) is 23.0 Å². The topological polar surface area (TPSA) is 237 Å². The monoisotopic (exact) mass is 1580 g/mol. The van der Waals surface area contributed by atoms with Crippen molar-refractivity contribution >= 4 is 116 Å². The number of carboxylic acid groups (broad SMARTS) is 1. The Morgan fingerprint density at radius 2 is 0.587 bits per heavy atom. The first kappa shape index (κ1) is 69.9. The van der Waals surface area contributed by atoms with Crippen molar-refractivity contribution in [2.24, 2.45) is 0 Å². The number of fused-ring (bicyclic) bond motifs is 8. The number of hydrogen-bond donors (Lipinski definition) is 1. The van der Waals surface area contributed by atoms with Crippen molar-refractivity contribution in [3.05, 3.63) is 230 Å². The molecule has 1 aliphatic rings. The maximum atomic E-state index is 15.0. The fourth-order valence-corrected chi connectivity index (χ4v) is 15.3. The van der Waals surface area contributed by atoms with Crippen LogP contribution in [0.3, 0.4) is 0 Å². The standard InChI is InChI=1S/C68H64Br4O16S4/c1-66(2,3)50-36-46-32-42-26-40(30-60(73)74)27-43(62(42)85-89(76,77)56-18-10-52(69)11-19-56)33-47-37-51(67(4,5)6)39-49(65(47)88-92(82,83)59-24-16-55(72)17-25-59)35-45-29-41(31-61(75)84-68(7,8)9)28-44(63(45)86-90(78,79)57-20-12-53(70)13-21-57)34-48(38-50)64(46)87-91(80,81)58-22-14-54(71)15-23-58/h10-29,36-39H,30-35H2,1-9H3,(H,73,74). The van der Waals surface area contributed by atoms with Crippen molar-refractivity contribution in [2.45, 2.75) is 137 Å².